The van der Waals surface area contributed by atoms with Crippen LogP contribution in [0.4, 0.5) is 4.39 Å². The Morgan fingerprint density at radius 3 is 2.37 bits per heavy atom. The molecule has 0 spiro atoms. The highest BCUT2D eigenvalue weighted by atomic mass is 32.2. The van der Waals surface area contributed by atoms with Crippen LogP contribution in [0.3, 0.4) is 0 Å². The van der Waals surface area contributed by atoms with Gasteiger partial charge in [-0.3, -0.25) is 4.79 Å². The normalized spacial score (nSPS) is 12.8. The molecule has 2 aromatic carbocycles. The summed E-state index contributed by atoms with van der Waals surface area (Å²) < 4.78 is 39.0. The van der Waals surface area contributed by atoms with Crippen LogP contribution in [0, 0.1) is 12.7 Å². The maximum Gasteiger partial charge on any atom is 0.235 e. The summed E-state index contributed by atoms with van der Waals surface area (Å²) in [5.74, 6) is -0.926. The van der Waals surface area contributed by atoms with E-state index in [1.54, 1.807) is 6.07 Å². The van der Waals surface area contributed by atoms with Crippen molar-refractivity contribution in [1.29, 1.82) is 0 Å². The first-order valence-corrected chi connectivity index (χ1v) is 10.6. The topological polar surface area (TPSA) is 66.5 Å². The van der Waals surface area contributed by atoms with Crippen molar-refractivity contribution in [3.63, 3.8) is 0 Å². The van der Waals surface area contributed by atoms with E-state index in [0.29, 0.717) is 6.42 Å². The lowest BCUT2D eigenvalue weighted by atomic mass is 9.99. The average molecular weight is 392 g/mol. The third-order valence-electron chi connectivity index (χ3n) is 4.40. The van der Waals surface area contributed by atoms with Crippen LogP contribution in [0.2, 0.25) is 0 Å². The molecule has 0 fully saturated rings. The van der Waals surface area contributed by atoms with Gasteiger partial charge in [-0.15, -0.1) is 0 Å². The van der Waals surface area contributed by atoms with E-state index in [4.69, 9.17) is 0 Å². The number of rotatable bonds is 8. The summed E-state index contributed by atoms with van der Waals surface area (Å²) in [7, 11) is -3.68. The van der Waals surface area contributed by atoms with Crippen molar-refractivity contribution in [2.24, 2.45) is 0 Å². The maximum absolute atomic E-state index is 13.9. The molecular weight excluding hydrogens is 367 g/mol. The first-order chi connectivity index (χ1) is 12.7. The standard InChI is InChI=1S/C20H25FN2O3S/c1-4-19(17-11-7-5-9-15(17)2)22-20(24)14-23(27(3,25)26)13-16-10-6-8-12-18(16)21/h5-12,19H,4,13-14H2,1-3H3,(H,22,24). The molecule has 27 heavy (non-hydrogen) atoms. The van der Waals surface area contributed by atoms with Crippen LogP contribution in [-0.4, -0.2) is 31.4 Å². The predicted octanol–water partition coefficient (Wildman–Crippen LogP) is 3.16. The first-order valence-electron chi connectivity index (χ1n) is 8.75. The summed E-state index contributed by atoms with van der Waals surface area (Å²) in [4.78, 5) is 12.5. The van der Waals surface area contributed by atoms with Crippen molar-refractivity contribution in [3.8, 4) is 0 Å². The molecule has 2 rings (SSSR count). The van der Waals surface area contributed by atoms with Gasteiger partial charge in [0.25, 0.3) is 0 Å². The van der Waals surface area contributed by atoms with Gasteiger partial charge in [-0.2, -0.15) is 4.31 Å². The molecule has 0 aliphatic heterocycles. The highest BCUT2D eigenvalue weighted by Crippen LogP contribution is 2.20. The van der Waals surface area contributed by atoms with Crippen LogP contribution < -0.4 is 5.32 Å². The van der Waals surface area contributed by atoms with E-state index in [1.807, 2.05) is 38.1 Å². The fraction of sp³-hybridized carbons (Fsp3) is 0.350. The number of carbonyl (C=O) groups excluding carboxylic acids is 1. The molecular formula is C20H25FN2O3S. The Bertz CT molecular complexity index is 900. The molecule has 2 aromatic rings. The van der Waals surface area contributed by atoms with Crippen LogP contribution in [0.15, 0.2) is 48.5 Å². The number of hydrogen-bond acceptors (Lipinski definition) is 3. The summed E-state index contributed by atoms with van der Waals surface area (Å²) in [6.45, 7) is 3.35. The quantitative estimate of drug-likeness (QED) is 0.750. The number of benzene rings is 2. The molecule has 0 saturated carbocycles. The summed E-state index contributed by atoms with van der Waals surface area (Å²) >= 11 is 0. The number of amides is 1. The number of sulfonamides is 1. The maximum atomic E-state index is 13.9. The molecule has 1 amide bonds. The SMILES string of the molecule is CCC(NC(=O)CN(Cc1ccccc1F)S(C)(=O)=O)c1ccccc1C. The number of halogens is 1. The Morgan fingerprint density at radius 1 is 1.15 bits per heavy atom. The lowest BCUT2D eigenvalue weighted by molar-refractivity contribution is -0.122. The zero-order valence-electron chi connectivity index (χ0n) is 15.8. The molecule has 0 heterocycles. The number of hydrogen-bond donors (Lipinski definition) is 1. The second kappa shape index (κ2) is 9.10. The lowest BCUT2D eigenvalue weighted by Crippen LogP contribution is -2.41. The molecule has 0 aromatic heterocycles. The van der Waals surface area contributed by atoms with E-state index in [-0.39, 0.29) is 24.7 Å². The van der Waals surface area contributed by atoms with E-state index < -0.39 is 21.7 Å². The lowest BCUT2D eigenvalue weighted by Gasteiger charge is -2.23. The van der Waals surface area contributed by atoms with Gasteiger partial charge in [-0.05, 0) is 30.5 Å². The third-order valence-corrected chi connectivity index (χ3v) is 5.60. The van der Waals surface area contributed by atoms with Gasteiger partial charge >= 0.3 is 0 Å². The molecule has 1 N–H and O–H groups in total. The Labute approximate surface area is 160 Å². The molecule has 1 unspecified atom stereocenters. The second-order valence-electron chi connectivity index (χ2n) is 6.51. The Hall–Kier alpha value is -2.25. The Balaban J connectivity index is 2.14. The van der Waals surface area contributed by atoms with E-state index >= 15 is 0 Å². The van der Waals surface area contributed by atoms with E-state index in [0.717, 1.165) is 21.7 Å². The first kappa shape index (κ1) is 21.1. The largest absolute Gasteiger partial charge is 0.348 e. The van der Waals surface area contributed by atoms with Gasteiger partial charge in [0.2, 0.25) is 15.9 Å². The smallest absolute Gasteiger partial charge is 0.235 e. The molecule has 0 bridgehead atoms. The molecule has 0 aliphatic rings. The van der Waals surface area contributed by atoms with Gasteiger partial charge in [0.1, 0.15) is 5.82 Å². The molecule has 0 radical (unpaired) electrons. The monoisotopic (exact) mass is 392 g/mol. The zero-order valence-corrected chi connectivity index (χ0v) is 16.6. The van der Waals surface area contributed by atoms with Crippen LogP contribution in [0.25, 0.3) is 0 Å². The van der Waals surface area contributed by atoms with Crippen molar-refractivity contribution in [2.75, 3.05) is 12.8 Å². The summed E-state index contributed by atoms with van der Waals surface area (Å²) in [5.41, 5.74) is 2.27. The fourth-order valence-corrected chi connectivity index (χ4v) is 3.61. The summed E-state index contributed by atoms with van der Waals surface area (Å²) in [6, 6.07) is 13.4. The minimum absolute atomic E-state index is 0.194. The Kier molecular flexibility index (Phi) is 7.10. The molecule has 0 aliphatic carbocycles. The van der Waals surface area contributed by atoms with Crippen LogP contribution in [0.5, 0.6) is 0 Å². The molecule has 5 nitrogen and oxygen atoms in total. The van der Waals surface area contributed by atoms with Gasteiger partial charge in [0, 0.05) is 12.1 Å². The van der Waals surface area contributed by atoms with Crippen molar-refractivity contribution < 1.29 is 17.6 Å². The highest BCUT2D eigenvalue weighted by Gasteiger charge is 2.23. The van der Waals surface area contributed by atoms with Crippen molar-refractivity contribution in [1.82, 2.24) is 9.62 Å². The highest BCUT2D eigenvalue weighted by molar-refractivity contribution is 7.88. The molecule has 1 atom stereocenters. The van der Waals surface area contributed by atoms with Gasteiger partial charge in [-0.25, -0.2) is 12.8 Å². The summed E-state index contributed by atoms with van der Waals surface area (Å²) in [6.07, 6.45) is 1.68. The number of nitrogens with one attached hydrogen (secondary N) is 1. The minimum Gasteiger partial charge on any atom is -0.348 e. The van der Waals surface area contributed by atoms with Gasteiger partial charge in [0.05, 0.1) is 18.8 Å². The molecule has 7 heteroatoms. The predicted molar refractivity (Wildman–Crippen MR) is 104 cm³/mol. The Morgan fingerprint density at radius 2 is 1.78 bits per heavy atom. The van der Waals surface area contributed by atoms with Gasteiger partial charge < -0.3 is 5.32 Å². The van der Waals surface area contributed by atoms with E-state index in [1.165, 1.54) is 18.2 Å². The summed E-state index contributed by atoms with van der Waals surface area (Å²) in [5, 5.41) is 2.89. The second-order valence-corrected chi connectivity index (χ2v) is 8.49. The van der Waals surface area contributed by atoms with Crippen molar-refractivity contribution in [2.45, 2.75) is 32.9 Å². The average Bonchev–Trinajstić information content (AvgIpc) is 2.61. The van der Waals surface area contributed by atoms with Crippen molar-refractivity contribution in [3.05, 3.63) is 71.0 Å². The third kappa shape index (κ3) is 5.87. The fourth-order valence-electron chi connectivity index (χ4n) is 2.88. The van der Waals surface area contributed by atoms with Crippen molar-refractivity contribution >= 4 is 15.9 Å². The van der Waals surface area contributed by atoms with Crippen LogP contribution in [0.1, 0.15) is 36.1 Å². The number of aryl methyl sites for hydroxylation is 1. The van der Waals surface area contributed by atoms with Gasteiger partial charge in [-0.1, -0.05) is 49.4 Å². The van der Waals surface area contributed by atoms with E-state index in [2.05, 4.69) is 5.32 Å². The molecule has 146 valence electrons. The minimum atomic E-state index is -3.68. The van der Waals surface area contributed by atoms with Gasteiger partial charge in [0.15, 0.2) is 0 Å². The van der Waals surface area contributed by atoms with Crippen LogP contribution >= 0.6 is 0 Å². The number of nitrogens with zero attached hydrogens (tertiary/aromatic N) is 1. The molecule has 0 saturated heterocycles. The van der Waals surface area contributed by atoms with Crippen LogP contribution in [-0.2, 0) is 21.4 Å². The number of carbonyl (C=O) groups is 1. The van der Waals surface area contributed by atoms with E-state index in [9.17, 15) is 17.6 Å². The zero-order chi connectivity index (χ0) is 20.0.